The smallest absolute Gasteiger partial charge is 0.144 e. The standard InChI is InChI=1S/C11H15BrN2S2/c1-2-5-16-6-8-13-10(7-3-4-7)9(12)11(15)14-8/h7H,2-6H2,1H3,(H,13,14,15). The molecule has 2 nitrogen and oxygen atoms in total. The lowest BCUT2D eigenvalue weighted by molar-refractivity contribution is 0.911. The van der Waals surface area contributed by atoms with Gasteiger partial charge in [-0.15, -0.1) is 0 Å². The maximum Gasteiger partial charge on any atom is 0.144 e. The molecule has 1 saturated carbocycles. The summed E-state index contributed by atoms with van der Waals surface area (Å²) in [6.45, 7) is 2.19. The number of hydrogen-bond acceptors (Lipinski definition) is 3. The van der Waals surface area contributed by atoms with Crippen LogP contribution in [0.15, 0.2) is 4.47 Å². The fraction of sp³-hybridized carbons (Fsp3) is 0.636. The number of aromatic nitrogens is 2. The molecule has 88 valence electrons. The van der Waals surface area contributed by atoms with Crippen molar-refractivity contribution in [3.63, 3.8) is 0 Å². The van der Waals surface area contributed by atoms with Gasteiger partial charge in [0.1, 0.15) is 10.5 Å². The average molecular weight is 319 g/mol. The van der Waals surface area contributed by atoms with Crippen LogP contribution in [0.25, 0.3) is 0 Å². The van der Waals surface area contributed by atoms with Crippen LogP contribution in [0.3, 0.4) is 0 Å². The lowest BCUT2D eigenvalue weighted by atomic mass is 10.3. The first-order chi connectivity index (χ1) is 7.72. The zero-order valence-electron chi connectivity index (χ0n) is 9.25. The Balaban J connectivity index is 2.16. The summed E-state index contributed by atoms with van der Waals surface area (Å²) in [6, 6.07) is 0. The van der Waals surface area contributed by atoms with E-state index in [9.17, 15) is 0 Å². The largest absolute Gasteiger partial charge is 0.345 e. The monoisotopic (exact) mass is 318 g/mol. The van der Waals surface area contributed by atoms with Crippen LogP contribution in [-0.2, 0) is 5.75 Å². The molecule has 1 N–H and O–H groups in total. The van der Waals surface area contributed by atoms with E-state index in [0.717, 1.165) is 16.0 Å². The molecule has 1 aliphatic rings. The van der Waals surface area contributed by atoms with Crippen molar-refractivity contribution in [2.45, 2.75) is 37.9 Å². The normalized spacial score (nSPS) is 15.4. The number of aromatic amines is 1. The minimum absolute atomic E-state index is 0.675. The molecule has 5 heteroatoms. The van der Waals surface area contributed by atoms with Crippen LogP contribution >= 0.6 is 39.9 Å². The van der Waals surface area contributed by atoms with E-state index < -0.39 is 0 Å². The molecule has 0 unspecified atom stereocenters. The predicted octanol–water partition coefficient (Wildman–Crippen LogP) is 4.42. The molecule has 1 aromatic heterocycles. The summed E-state index contributed by atoms with van der Waals surface area (Å²) < 4.78 is 1.70. The fourth-order valence-electron chi connectivity index (χ4n) is 1.56. The molecular weight excluding hydrogens is 304 g/mol. The highest BCUT2D eigenvalue weighted by Gasteiger charge is 2.27. The zero-order chi connectivity index (χ0) is 11.5. The number of nitrogens with zero attached hydrogens (tertiary/aromatic N) is 1. The molecule has 16 heavy (non-hydrogen) atoms. The van der Waals surface area contributed by atoms with Gasteiger partial charge in [-0.25, -0.2) is 4.98 Å². The van der Waals surface area contributed by atoms with Crippen LogP contribution in [0.1, 0.15) is 43.6 Å². The summed E-state index contributed by atoms with van der Waals surface area (Å²) in [4.78, 5) is 7.84. The van der Waals surface area contributed by atoms with Crippen molar-refractivity contribution in [2.24, 2.45) is 0 Å². The molecule has 0 aliphatic heterocycles. The van der Waals surface area contributed by atoms with E-state index in [-0.39, 0.29) is 0 Å². The van der Waals surface area contributed by atoms with Crippen molar-refractivity contribution in [3.8, 4) is 0 Å². The van der Waals surface area contributed by atoms with Gasteiger partial charge in [-0.05, 0) is 40.9 Å². The van der Waals surface area contributed by atoms with Crippen molar-refractivity contribution in [2.75, 3.05) is 5.75 Å². The predicted molar refractivity (Wildman–Crippen MR) is 75.5 cm³/mol. The van der Waals surface area contributed by atoms with E-state index in [4.69, 9.17) is 12.2 Å². The highest BCUT2D eigenvalue weighted by atomic mass is 79.9. The van der Waals surface area contributed by atoms with Crippen LogP contribution < -0.4 is 0 Å². The lowest BCUT2D eigenvalue weighted by Crippen LogP contribution is -2.00. The van der Waals surface area contributed by atoms with Gasteiger partial charge in [-0.1, -0.05) is 19.1 Å². The highest BCUT2D eigenvalue weighted by Crippen LogP contribution is 2.42. The maximum absolute atomic E-state index is 5.27. The Bertz CT molecular complexity index is 426. The van der Waals surface area contributed by atoms with Gasteiger partial charge in [0.25, 0.3) is 0 Å². The third-order valence-corrected chi connectivity index (χ3v) is 5.05. The molecule has 1 aromatic rings. The second-order valence-corrected chi connectivity index (χ2v) is 6.33. The Morgan fingerprint density at radius 2 is 2.31 bits per heavy atom. The topological polar surface area (TPSA) is 28.7 Å². The van der Waals surface area contributed by atoms with Gasteiger partial charge in [0, 0.05) is 11.6 Å². The third kappa shape index (κ3) is 3.08. The zero-order valence-corrected chi connectivity index (χ0v) is 12.5. The van der Waals surface area contributed by atoms with Crippen molar-refractivity contribution < 1.29 is 0 Å². The molecule has 0 saturated heterocycles. The Hall–Kier alpha value is 0.130. The summed E-state index contributed by atoms with van der Waals surface area (Å²) >= 11 is 10.7. The molecule has 0 atom stereocenters. The number of thioether (sulfide) groups is 1. The molecular formula is C11H15BrN2S2. The van der Waals surface area contributed by atoms with Crippen molar-refractivity contribution >= 4 is 39.9 Å². The average Bonchev–Trinajstić information content (AvgIpc) is 3.07. The fourth-order valence-corrected chi connectivity index (χ4v) is 3.05. The minimum atomic E-state index is 0.675. The molecule has 0 spiro atoms. The molecule has 0 aromatic carbocycles. The van der Waals surface area contributed by atoms with Crippen molar-refractivity contribution in [3.05, 3.63) is 20.6 Å². The van der Waals surface area contributed by atoms with Crippen molar-refractivity contribution in [1.29, 1.82) is 0 Å². The van der Waals surface area contributed by atoms with Gasteiger partial charge in [-0.2, -0.15) is 11.8 Å². The van der Waals surface area contributed by atoms with Crippen molar-refractivity contribution in [1.82, 2.24) is 9.97 Å². The quantitative estimate of drug-likeness (QED) is 0.643. The second-order valence-electron chi connectivity index (χ2n) is 4.04. The van der Waals surface area contributed by atoms with Crippen LogP contribution in [-0.4, -0.2) is 15.7 Å². The number of H-pyrrole nitrogens is 1. The Labute approximate surface area is 114 Å². The lowest BCUT2D eigenvalue weighted by Gasteiger charge is -2.07. The second kappa shape index (κ2) is 5.65. The molecule has 1 heterocycles. The number of hydrogen-bond donors (Lipinski definition) is 1. The van der Waals surface area contributed by atoms with E-state index >= 15 is 0 Å². The summed E-state index contributed by atoms with van der Waals surface area (Å²) in [5.74, 6) is 3.81. The number of nitrogens with one attached hydrogen (secondary N) is 1. The van der Waals surface area contributed by atoms with Crippen LogP contribution in [0.2, 0.25) is 0 Å². The summed E-state index contributed by atoms with van der Waals surface area (Å²) in [5.41, 5.74) is 1.26. The molecule has 0 bridgehead atoms. The minimum Gasteiger partial charge on any atom is -0.345 e. The number of halogens is 1. The van der Waals surface area contributed by atoms with E-state index in [1.54, 1.807) is 0 Å². The summed E-state index contributed by atoms with van der Waals surface area (Å²) in [6.07, 6.45) is 3.75. The summed E-state index contributed by atoms with van der Waals surface area (Å²) in [7, 11) is 0. The number of rotatable bonds is 5. The SMILES string of the molecule is CCCSCc1nc(=S)c(Br)c(C2CC2)[nH]1. The van der Waals surface area contributed by atoms with Gasteiger partial charge < -0.3 is 4.98 Å². The third-order valence-electron chi connectivity index (χ3n) is 2.51. The molecule has 1 fully saturated rings. The van der Waals surface area contributed by atoms with E-state index in [1.165, 1.54) is 30.7 Å². The van der Waals surface area contributed by atoms with E-state index in [1.807, 2.05) is 11.8 Å². The Morgan fingerprint density at radius 3 is 2.94 bits per heavy atom. The van der Waals surface area contributed by atoms with Gasteiger partial charge >= 0.3 is 0 Å². The maximum atomic E-state index is 5.27. The first kappa shape index (κ1) is 12.6. The van der Waals surface area contributed by atoms with Crippen LogP contribution in [0.4, 0.5) is 0 Å². The first-order valence-corrected chi connectivity index (χ1v) is 7.94. The molecule has 1 aliphatic carbocycles. The van der Waals surface area contributed by atoms with Gasteiger partial charge in [0.15, 0.2) is 0 Å². The van der Waals surface area contributed by atoms with E-state index in [0.29, 0.717) is 10.6 Å². The molecule has 0 amide bonds. The Morgan fingerprint density at radius 1 is 1.56 bits per heavy atom. The molecule has 2 rings (SSSR count). The summed E-state index contributed by atoms with van der Waals surface area (Å²) in [5, 5.41) is 0. The van der Waals surface area contributed by atoms with E-state index in [2.05, 4.69) is 32.8 Å². The van der Waals surface area contributed by atoms with Crippen LogP contribution in [0.5, 0.6) is 0 Å². The van der Waals surface area contributed by atoms with Gasteiger partial charge in [0.05, 0.1) is 10.2 Å². The van der Waals surface area contributed by atoms with Gasteiger partial charge in [-0.3, -0.25) is 0 Å². The highest BCUT2D eigenvalue weighted by molar-refractivity contribution is 9.10. The van der Waals surface area contributed by atoms with Crippen LogP contribution in [0, 0.1) is 4.64 Å². The Kier molecular flexibility index (Phi) is 4.44. The van der Waals surface area contributed by atoms with Gasteiger partial charge in [0.2, 0.25) is 0 Å². The molecule has 0 radical (unpaired) electrons. The first-order valence-electron chi connectivity index (χ1n) is 5.58.